The summed E-state index contributed by atoms with van der Waals surface area (Å²) in [7, 11) is -1.57. The average Bonchev–Trinajstić information content (AvgIpc) is 2.36. The van der Waals surface area contributed by atoms with Gasteiger partial charge in [-0.2, -0.15) is 0 Å². The summed E-state index contributed by atoms with van der Waals surface area (Å²) in [6.45, 7) is 0. The van der Waals surface area contributed by atoms with Gasteiger partial charge in [0.15, 0.2) is 0 Å². The average molecular weight is 305 g/mol. The molecule has 0 bridgehead atoms. The number of carbonyl (C=O) groups excluding carboxylic acids is 1. The van der Waals surface area contributed by atoms with Gasteiger partial charge in [0.2, 0.25) is 5.91 Å². The summed E-state index contributed by atoms with van der Waals surface area (Å²) >= 11 is 0. The van der Waals surface area contributed by atoms with Crippen LogP contribution in [0.1, 0.15) is 44.9 Å². The second-order valence-corrected chi connectivity index (χ2v) is 7.84. The van der Waals surface area contributed by atoms with Gasteiger partial charge in [-0.15, -0.1) is 0 Å². The van der Waals surface area contributed by atoms with E-state index in [9.17, 15) is 23.1 Å². The first kappa shape index (κ1) is 16.9. The number of carboxylic acid groups (broad SMARTS) is 1. The van der Waals surface area contributed by atoms with Crippen LogP contribution in [0.15, 0.2) is 0 Å². The van der Waals surface area contributed by atoms with E-state index in [4.69, 9.17) is 0 Å². The van der Waals surface area contributed by atoms with Crippen LogP contribution >= 0.6 is 0 Å². The van der Waals surface area contributed by atoms with Gasteiger partial charge < -0.3 is 10.0 Å². The van der Waals surface area contributed by atoms with Crippen LogP contribution in [0.25, 0.3) is 0 Å². The molecule has 0 atom stereocenters. The van der Waals surface area contributed by atoms with Gasteiger partial charge in [0.1, 0.15) is 15.4 Å². The Morgan fingerprint density at radius 2 is 1.75 bits per heavy atom. The fourth-order valence-corrected chi connectivity index (χ4v) is 3.39. The van der Waals surface area contributed by atoms with Crippen LogP contribution in [-0.2, 0) is 19.4 Å². The minimum atomic E-state index is -3.09. The topological polar surface area (TPSA) is 91.8 Å². The van der Waals surface area contributed by atoms with Gasteiger partial charge in [0.05, 0.1) is 5.75 Å². The van der Waals surface area contributed by atoms with Gasteiger partial charge in [-0.3, -0.25) is 4.79 Å². The quantitative estimate of drug-likeness (QED) is 0.792. The Morgan fingerprint density at radius 1 is 1.20 bits per heavy atom. The predicted octanol–water partition coefficient (Wildman–Crippen LogP) is 1.06. The van der Waals surface area contributed by atoms with Gasteiger partial charge in [-0.1, -0.05) is 19.3 Å². The number of carboxylic acids is 1. The molecule has 0 saturated heterocycles. The Morgan fingerprint density at radius 3 is 2.20 bits per heavy atom. The van der Waals surface area contributed by atoms with Crippen molar-refractivity contribution in [3.05, 3.63) is 0 Å². The van der Waals surface area contributed by atoms with Gasteiger partial charge in [0.25, 0.3) is 0 Å². The smallest absolute Gasteiger partial charge is 0.329 e. The van der Waals surface area contributed by atoms with Crippen molar-refractivity contribution < 1.29 is 23.1 Å². The van der Waals surface area contributed by atoms with Gasteiger partial charge in [0, 0.05) is 19.7 Å². The Balaban J connectivity index is 2.67. The van der Waals surface area contributed by atoms with Crippen LogP contribution in [0.5, 0.6) is 0 Å². The summed E-state index contributed by atoms with van der Waals surface area (Å²) in [4.78, 5) is 25.0. The zero-order chi connectivity index (χ0) is 15.4. The Kier molecular flexibility index (Phi) is 5.56. The monoisotopic (exact) mass is 305 g/mol. The Labute approximate surface area is 120 Å². The first-order chi connectivity index (χ1) is 9.19. The lowest BCUT2D eigenvalue weighted by Gasteiger charge is -2.41. The first-order valence-corrected chi connectivity index (χ1v) is 8.93. The third kappa shape index (κ3) is 4.19. The molecule has 1 fully saturated rings. The second-order valence-electron chi connectivity index (χ2n) is 5.58. The largest absolute Gasteiger partial charge is 0.479 e. The SMILES string of the molecule is CN(C(=O)CCCS(C)(=O)=O)C1(C(=O)O)CCCCC1. The van der Waals surface area contributed by atoms with Crippen LogP contribution < -0.4 is 0 Å². The van der Waals surface area contributed by atoms with Gasteiger partial charge in [-0.05, 0) is 19.3 Å². The minimum absolute atomic E-state index is 0.0490. The molecule has 6 nitrogen and oxygen atoms in total. The van der Waals surface area contributed by atoms with Crippen molar-refractivity contribution in [1.82, 2.24) is 4.90 Å². The van der Waals surface area contributed by atoms with Crippen molar-refractivity contribution in [3.8, 4) is 0 Å². The standard InChI is InChI=1S/C13H23NO5S/c1-14(11(15)7-6-10-20(2,18)19)13(12(16)17)8-4-3-5-9-13/h3-10H2,1-2H3,(H,16,17). The highest BCUT2D eigenvalue weighted by atomic mass is 32.2. The van der Waals surface area contributed by atoms with Crippen LogP contribution in [0, 0.1) is 0 Å². The maximum Gasteiger partial charge on any atom is 0.329 e. The van der Waals surface area contributed by atoms with Crippen molar-refractivity contribution in [3.63, 3.8) is 0 Å². The number of hydrogen-bond donors (Lipinski definition) is 1. The summed E-state index contributed by atoms with van der Waals surface area (Å²) in [5.74, 6) is -1.30. The van der Waals surface area contributed by atoms with E-state index in [1.807, 2.05) is 0 Å². The maximum absolute atomic E-state index is 12.1. The zero-order valence-electron chi connectivity index (χ0n) is 12.1. The molecule has 0 spiro atoms. The Hall–Kier alpha value is -1.11. The van der Waals surface area contributed by atoms with E-state index < -0.39 is 21.3 Å². The number of amides is 1. The lowest BCUT2D eigenvalue weighted by molar-refractivity contribution is -0.160. The highest BCUT2D eigenvalue weighted by Gasteiger charge is 2.45. The van der Waals surface area contributed by atoms with Crippen LogP contribution in [0.3, 0.4) is 0 Å². The van der Waals surface area contributed by atoms with E-state index in [2.05, 4.69) is 0 Å². The third-order valence-corrected chi connectivity index (χ3v) is 5.03. The van der Waals surface area contributed by atoms with E-state index in [0.717, 1.165) is 25.5 Å². The molecule has 1 aliphatic carbocycles. The van der Waals surface area contributed by atoms with Crippen LogP contribution in [-0.4, -0.2) is 54.9 Å². The molecule has 1 rings (SSSR count). The summed E-state index contributed by atoms with van der Waals surface area (Å²) in [5.41, 5.74) is -1.11. The number of hydrogen-bond acceptors (Lipinski definition) is 4. The molecule has 116 valence electrons. The van der Waals surface area contributed by atoms with E-state index >= 15 is 0 Å². The fourth-order valence-electron chi connectivity index (χ4n) is 2.72. The van der Waals surface area contributed by atoms with Gasteiger partial charge in [-0.25, -0.2) is 13.2 Å². The summed E-state index contributed by atoms with van der Waals surface area (Å²) in [6, 6.07) is 0. The maximum atomic E-state index is 12.1. The molecule has 1 saturated carbocycles. The van der Waals surface area contributed by atoms with Crippen molar-refractivity contribution >= 4 is 21.7 Å². The van der Waals surface area contributed by atoms with Crippen molar-refractivity contribution in [2.24, 2.45) is 0 Å². The van der Waals surface area contributed by atoms with E-state index in [1.165, 1.54) is 11.9 Å². The summed E-state index contributed by atoms with van der Waals surface area (Å²) < 4.78 is 22.1. The molecule has 1 amide bonds. The number of carbonyl (C=O) groups is 2. The molecule has 0 radical (unpaired) electrons. The number of likely N-dealkylation sites (N-methyl/N-ethyl adjacent to an activating group) is 1. The Bertz CT molecular complexity index is 465. The normalized spacial score (nSPS) is 18.5. The fraction of sp³-hybridized carbons (Fsp3) is 0.846. The molecule has 1 N–H and O–H groups in total. The molecule has 0 aliphatic heterocycles. The van der Waals surface area contributed by atoms with Crippen molar-refractivity contribution in [2.75, 3.05) is 19.1 Å². The molecule has 20 heavy (non-hydrogen) atoms. The minimum Gasteiger partial charge on any atom is -0.479 e. The summed E-state index contributed by atoms with van der Waals surface area (Å²) in [5, 5.41) is 9.47. The molecule has 7 heteroatoms. The molecule has 0 aromatic carbocycles. The lowest BCUT2D eigenvalue weighted by Crippen LogP contribution is -2.56. The highest BCUT2D eigenvalue weighted by molar-refractivity contribution is 7.90. The molecule has 0 unspecified atom stereocenters. The third-order valence-electron chi connectivity index (χ3n) is 4.00. The van der Waals surface area contributed by atoms with E-state index in [-0.39, 0.29) is 24.5 Å². The summed E-state index contributed by atoms with van der Waals surface area (Å²) in [6.07, 6.45) is 4.95. The molecule has 0 aromatic heterocycles. The molecule has 0 aromatic rings. The second kappa shape index (κ2) is 6.56. The molecular weight excluding hydrogens is 282 g/mol. The molecular formula is C13H23NO5S. The van der Waals surface area contributed by atoms with E-state index in [1.54, 1.807) is 0 Å². The highest BCUT2D eigenvalue weighted by Crippen LogP contribution is 2.33. The number of aliphatic carboxylic acids is 1. The van der Waals surface area contributed by atoms with Crippen molar-refractivity contribution in [2.45, 2.75) is 50.5 Å². The number of rotatable bonds is 6. The van der Waals surface area contributed by atoms with Crippen LogP contribution in [0.4, 0.5) is 0 Å². The van der Waals surface area contributed by atoms with Gasteiger partial charge >= 0.3 is 5.97 Å². The number of nitrogens with zero attached hydrogens (tertiary/aromatic N) is 1. The van der Waals surface area contributed by atoms with Crippen molar-refractivity contribution in [1.29, 1.82) is 0 Å². The lowest BCUT2D eigenvalue weighted by atomic mass is 9.80. The molecule has 1 aliphatic rings. The predicted molar refractivity (Wildman–Crippen MR) is 75.2 cm³/mol. The first-order valence-electron chi connectivity index (χ1n) is 6.87. The van der Waals surface area contributed by atoms with E-state index in [0.29, 0.717) is 12.8 Å². The number of sulfone groups is 1. The van der Waals surface area contributed by atoms with Crippen LogP contribution in [0.2, 0.25) is 0 Å². The molecule has 0 heterocycles. The zero-order valence-corrected chi connectivity index (χ0v) is 12.9.